The second kappa shape index (κ2) is 4.97. The van der Waals surface area contributed by atoms with Crippen LogP contribution in [-0.2, 0) is 22.5 Å². The van der Waals surface area contributed by atoms with Gasteiger partial charge in [-0.15, -0.1) is 0 Å². The molecule has 2 aromatic heterocycles. The number of carbonyl (C=O) groups excluding carboxylic acids is 1. The van der Waals surface area contributed by atoms with Crippen LogP contribution in [0.4, 0.5) is 0 Å². The molecule has 136 valence electrons. The molecular formula is C18H19ClN4O3. The molecule has 4 heterocycles. The third kappa shape index (κ3) is 2.06. The minimum absolute atomic E-state index is 0.147. The summed E-state index contributed by atoms with van der Waals surface area (Å²) >= 11 is 5.81. The number of carbonyl (C=O) groups is 1. The Balaban J connectivity index is 1.54. The average molecular weight is 375 g/mol. The van der Waals surface area contributed by atoms with Crippen molar-refractivity contribution in [1.29, 1.82) is 0 Å². The van der Waals surface area contributed by atoms with Crippen molar-refractivity contribution in [2.45, 2.75) is 51.3 Å². The minimum Gasteiger partial charge on any atom is -0.458 e. The Bertz CT molecular complexity index is 977. The van der Waals surface area contributed by atoms with Crippen molar-refractivity contribution < 1.29 is 9.53 Å². The smallest absolute Gasteiger partial charge is 0.347 e. The zero-order valence-electron chi connectivity index (χ0n) is 14.6. The van der Waals surface area contributed by atoms with Gasteiger partial charge in [0.1, 0.15) is 22.6 Å². The number of esters is 1. The van der Waals surface area contributed by atoms with Gasteiger partial charge in [0.05, 0.1) is 6.54 Å². The van der Waals surface area contributed by atoms with Crippen molar-refractivity contribution in [3.05, 3.63) is 45.4 Å². The van der Waals surface area contributed by atoms with Gasteiger partial charge in [0, 0.05) is 24.0 Å². The van der Waals surface area contributed by atoms with E-state index in [1.54, 1.807) is 16.8 Å². The predicted octanol–water partition coefficient (Wildman–Crippen LogP) is 1.97. The van der Waals surface area contributed by atoms with E-state index in [0.717, 1.165) is 18.4 Å². The molecule has 5 rings (SSSR count). The molecule has 2 fully saturated rings. The number of halogens is 1. The molecule has 0 aromatic carbocycles. The van der Waals surface area contributed by atoms with E-state index in [1.165, 1.54) is 4.68 Å². The molecule has 1 aliphatic carbocycles. The number of aromatic nitrogens is 4. The molecule has 1 saturated carbocycles. The van der Waals surface area contributed by atoms with E-state index in [1.807, 2.05) is 19.9 Å². The zero-order valence-corrected chi connectivity index (χ0v) is 15.4. The molecular weight excluding hydrogens is 356 g/mol. The van der Waals surface area contributed by atoms with Crippen molar-refractivity contribution in [1.82, 2.24) is 19.3 Å². The molecule has 0 amide bonds. The Morgan fingerprint density at radius 3 is 2.88 bits per heavy atom. The highest BCUT2D eigenvalue weighted by molar-refractivity contribution is 6.29. The lowest BCUT2D eigenvalue weighted by atomic mass is 9.79. The maximum atomic E-state index is 13.0. The molecule has 8 heteroatoms. The number of fused-ring (bicyclic) bond motifs is 2. The zero-order chi connectivity index (χ0) is 18.3. The van der Waals surface area contributed by atoms with Gasteiger partial charge in [-0.1, -0.05) is 17.7 Å². The number of nitrogens with zero attached hydrogens (tertiary/aromatic N) is 4. The SMILES string of the molecule is CC1(C)OC(=O)[C@H]2n3c(nn(Cc4ccc(Cl)nc4)c3=O)CCC23CC13. The van der Waals surface area contributed by atoms with Crippen molar-refractivity contribution >= 4 is 17.6 Å². The number of cyclic esters (lactones) is 1. The monoisotopic (exact) mass is 374 g/mol. The second-order valence-electron chi connectivity index (χ2n) is 8.13. The fourth-order valence-corrected chi connectivity index (χ4v) is 5.08. The van der Waals surface area contributed by atoms with Crippen molar-refractivity contribution in [2.75, 3.05) is 0 Å². The van der Waals surface area contributed by atoms with E-state index >= 15 is 0 Å². The molecule has 2 aromatic rings. The number of hydrogen-bond acceptors (Lipinski definition) is 5. The summed E-state index contributed by atoms with van der Waals surface area (Å²) in [5, 5.41) is 4.88. The van der Waals surface area contributed by atoms with Crippen molar-refractivity contribution in [2.24, 2.45) is 11.3 Å². The number of rotatable bonds is 2. The van der Waals surface area contributed by atoms with Crippen LogP contribution in [0, 0.1) is 11.3 Å². The van der Waals surface area contributed by atoms with Crippen molar-refractivity contribution in [3.63, 3.8) is 0 Å². The lowest BCUT2D eigenvalue weighted by Gasteiger charge is -2.41. The molecule has 3 atom stereocenters. The Morgan fingerprint density at radius 2 is 2.15 bits per heavy atom. The summed E-state index contributed by atoms with van der Waals surface area (Å²) in [6.45, 7) is 4.23. The standard InChI is InChI=1S/C18H19ClN4O3/c1-17(2)11-7-18(11)6-5-13-21-22(9-10-3-4-12(19)20-8-10)16(25)23(13)14(18)15(24)26-17/h3-4,8,11,14H,5-7,9H2,1-2H3/t11?,14-,18?/m1/s1. The molecule has 7 nitrogen and oxygen atoms in total. The first-order valence-electron chi connectivity index (χ1n) is 8.83. The Labute approximate surface area is 154 Å². The third-order valence-electron chi connectivity index (χ3n) is 6.22. The molecule has 1 spiro atoms. The van der Waals surface area contributed by atoms with Crippen LogP contribution in [0.15, 0.2) is 23.1 Å². The van der Waals surface area contributed by atoms with E-state index in [9.17, 15) is 9.59 Å². The van der Waals surface area contributed by atoms with Crippen LogP contribution in [0.2, 0.25) is 5.15 Å². The van der Waals surface area contributed by atoms with Crippen LogP contribution in [0.5, 0.6) is 0 Å². The summed E-state index contributed by atoms with van der Waals surface area (Å²) < 4.78 is 8.66. The lowest BCUT2D eigenvalue weighted by Crippen LogP contribution is -2.50. The summed E-state index contributed by atoms with van der Waals surface area (Å²) in [7, 11) is 0. The highest BCUT2D eigenvalue weighted by atomic mass is 35.5. The Morgan fingerprint density at radius 1 is 1.35 bits per heavy atom. The largest absolute Gasteiger partial charge is 0.458 e. The normalized spacial score (nSPS) is 30.8. The first-order chi connectivity index (χ1) is 12.3. The molecule has 0 N–H and O–H groups in total. The van der Waals surface area contributed by atoms with E-state index in [0.29, 0.717) is 29.9 Å². The molecule has 0 bridgehead atoms. The fraction of sp³-hybridized carbons (Fsp3) is 0.556. The quantitative estimate of drug-likeness (QED) is 0.593. The fourth-order valence-electron chi connectivity index (χ4n) is 4.97. The highest BCUT2D eigenvalue weighted by Crippen LogP contribution is 2.70. The van der Waals surface area contributed by atoms with Gasteiger partial charge in [0.25, 0.3) is 0 Å². The van der Waals surface area contributed by atoms with E-state index in [4.69, 9.17) is 16.3 Å². The van der Waals surface area contributed by atoms with Gasteiger partial charge in [0.2, 0.25) is 0 Å². The molecule has 2 unspecified atom stereocenters. The van der Waals surface area contributed by atoms with Gasteiger partial charge in [-0.05, 0) is 38.3 Å². The number of pyridine rings is 1. The summed E-state index contributed by atoms with van der Waals surface area (Å²) in [6.07, 6.45) is 4.13. The van der Waals surface area contributed by atoms with Gasteiger partial charge >= 0.3 is 11.7 Å². The van der Waals surface area contributed by atoms with Crippen molar-refractivity contribution in [3.8, 4) is 0 Å². The predicted molar refractivity (Wildman–Crippen MR) is 92.9 cm³/mol. The third-order valence-corrected chi connectivity index (χ3v) is 6.45. The van der Waals surface area contributed by atoms with Gasteiger partial charge < -0.3 is 4.74 Å². The summed E-state index contributed by atoms with van der Waals surface area (Å²) in [4.78, 5) is 29.8. The van der Waals surface area contributed by atoms with Crippen LogP contribution in [-0.4, -0.2) is 30.9 Å². The number of hydrogen-bond donors (Lipinski definition) is 0. The minimum atomic E-state index is -0.547. The van der Waals surface area contributed by atoms with Gasteiger partial charge in [-0.25, -0.2) is 19.3 Å². The summed E-state index contributed by atoms with van der Waals surface area (Å²) in [5.74, 6) is 0.663. The van der Waals surface area contributed by atoms with E-state index in [2.05, 4.69) is 10.1 Å². The summed E-state index contributed by atoms with van der Waals surface area (Å²) in [6, 6.07) is 2.95. The molecule has 0 radical (unpaired) electrons. The van der Waals surface area contributed by atoms with Gasteiger partial charge in [-0.2, -0.15) is 5.10 Å². The Hall–Kier alpha value is -2.15. The van der Waals surface area contributed by atoms with Gasteiger partial charge in [-0.3, -0.25) is 4.57 Å². The van der Waals surface area contributed by atoms with E-state index < -0.39 is 11.6 Å². The molecule has 3 aliphatic rings. The second-order valence-corrected chi connectivity index (χ2v) is 8.52. The average Bonchev–Trinajstić information content (AvgIpc) is 3.24. The lowest BCUT2D eigenvalue weighted by molar-refractivity contribution is -0.177. The van der Waals surface area contributed by atoms with Crippen LogP contribution in [0.1, 0.15) is 44.1 Å². The van der Waals surface area contributed by atoms with Crippen LogP contribution >= 0.6 is 11.6 Å². The maximum Gasteiger partial charge on any atom is 0.347 e. The summed E-state index contributed by atoms with van der Waals surface area (Å²) in [5.41, 5.74) is -0.0370. The first-order valence-corrected chi connectivity index (χ1v) is 9.21. The first kappa shape index (κ1) is 16.1. The maximum absolute atomic E-state index is 13.0. The van der Waals surface area contributed by atoms with Crippen LogP contribution in [0.25, 0.3) is 0 Å². The number of ether oxygens (including phenoxy) is 1. The Kier molecular flexibility index (Phi) is 3.07. The van der Waals surface area contributed by atoms with Gasteiger partial charge in [0.15, 0.2) is 0 Å². The van der Waals surface area contributed by atoms with Crippen LogP contribution in [0.3, 0.4) is 0 Å². The molecule has 26 heavy (non-hydrogen) atoms. The highest BCUT2D eigenvalue weighted by Gasteiger charge is 2.72. The molecule has 2 aliphatic heterocycles. The molecule has 1 saturated heterocycles. The number of aryl methyl sites for hydroxylation is 1. The van der Waals surface area contributed by atoms with E-state index in [-0.39, 0.29) is 17.1 Å². The topological polar surface area (TPSA) is 79.0 Å². The van der Waals surface area contributed by atoms with Crippen LogP contribution < -0.4 is 5.69 Å².